The van der Waals surface area contributed by atoms with Crippen LogP contribution in [0.1, 0.15) is 6.92 Å². The van der Waals surface area contributed by atoms with Gasteiger partial charge in [-0.2, -0.15) is 0 Å². The van der Waals surface area contributed by atoms with Crippen molar-refractivity contribution in [3.8, 4) is 5.75 Å². The van der Waals surface area contributed by atoms with Gasteiger partial charge in [0.1, 0.15) is 18.1 Å². The summed E-state index contributed by atoms with van der Waals surface area (Å²) in [5.74, 6) is -0.996. The van der Waals surface area contributed by atoms with Gasteiger partial charge in [-0.3, -0.25) is 9.10 Å². The van der Waals surface area contributed by atoms with Gasteiger partial charge in [-0.05, 0) is 43.3 Å². The molecule has 2 rings (SSSR count). The Kier molecular flexibility index (Phi) is 5.97. The van der Waals surface area contributed by atoms with E-state index in [1.54, 1.807) is 25.1 Å². The van der Waals surface area contributed by atoms with Crippen molar-refractivity contribution in [3.05, 3.63) is 54.3 Å². The summed E-state index contributed by atoms with van der Waals surface area (Å²) in [4.78, 5) is 11.6. The molecule has 25 heavy (non-hydrogen) atoms. The minimum Gasteiger partial charge on any atom is -0.492 e. The maximum atomic E-state index is 13.1. The van der Waals surface area contributed by atoms with E-state index in [1.165, 1.54) is 13.2 Å². The SMILES string of the molecule is CCOc1ccccc1N(CC(=O)OC)S(=O)(=O)c1ccc(F)cc1. The lowest BCUT2D eigenvalue weighted by atomic mass is 10.3. The summed E-state index contributed by atoms with van der Waals surface area (Å²) in [6, 6.07) is 10.8. The van der Waals surface area contributed by atoms with Crippen molar-refractivity contribution in [1.29, 1.82) is 0 Å². The van der Waals surface area contributed by atoms with Crippen LogP contribution in [0.5, 0.6) is 5.75 Å². The van der Waals surface area contributed by atoms with E-state index in [0.717, 1.165) is 28.6 Å². The van der Waals surface area contributed by atoms with Gasteiger partial charge in [0.2, 0.25) is 0 Å². The summed E-state index contributed by atoms with van der Waals surface area (Å²) in [6.07, 6.45) is 0. The number of hydrogen-bond donors (Lipinski definition) is 0. The number of sulfonamides is 1. The summed E-state index contributed by atoms with van der Waals surface area (Å²) in [5.41, 5.74) is 0.194. The van der Waals surface area contributed by atoms with Crippen molar-refractivity contribution < 1.29 is 27.1 Å². The van der Waals surface area contributed by atoms with E-state index in [-0.39, 0.29) is 10.6 Å². The van der Waals surface area contributed by atoms with Crippen molar-refractivity contribution in [2.24, 2.45) is 0 Å². The van der Waals surface area contributed by atoms with Gasteiger partial charge >= 0.3 is 5.97 Å². The van der Waals surface area contributed by atoms with E-state index in [1.807, 2.05) is 0 Å². The molecule has 0 bridgehead atoms. The lowest BCUT2D eigenvalue weighted by molar-refractivity contribution is -0.138. The third kappa shape index (κ3) is 4.27. The molecule has 2 aromatic rings. The molecule has 0 aliphatic heterocycles. The number of methoxy groups -OCH3 is 1. The van der Waals surface area contributed by atoms with Crippen LogP contribution in [-0.2, 0) is 19.6 Å². The number of anilines is 1. The number of rotatable bonds is 7. The quantitative estimate of drug-likeness (QED) is 0.704. The van der Waals surface area contributed by atoms with Crippen molar-refractivity contribution in [2.45, 2.75) is 11.8 Å². The molecule has 8 heteroatoms. The number of ether oxygens (including phenoxy) is 2. The molecule has 0 atom stereocenters. The molecule has 0 saturated heterocycles. The number of hydrogen-bond acceptors (Lipinski definition) is 5. The van der Waals surface area contributed by atoms with Gasteiger partial charge in [0.15, 0.2) is 0 Å². The van der Waals surface area contributed by atoms with Gasteiger partial charge in [0, 0.05) is 0 Å². The molecule has 0 heterocycles. The number of para-hydroxylation sites is 2. The molecule has 0 aliphatic rings. The molecule has 0 N–H and O–H groups in total. The van der Waals surface area contributed by atoms with Gasteiger partial charge in [0.05, 0.1) is 24.3 Å². The second-order valence-corrected chi connectivity index (χ2v) is 6.80. The predicted molar refractivity (Wildman–Crippen MR) is 90.6 cm³/mol. The smallest absolute Gasteiger partial charge is 0.326 e. The fourth-order valence-corrected chi connectivity index (χ4v) is 3.58. The van der Waals surface area contributed by atoms with E-state index in [4.69, 9.17) is 4.74 Å². The van der Waals surface area contributed by atoms with E-state index < -0.39 is 28.4 Å². The molecule has 2 aromatic carbocycles. The fraction of sp³-hybridized carbons (Fsp3) is 0.235. The van der Waals surface area contributed by atoms with E-state index in [0.29, 0.717) is 12.4 Å². The molecule has 0 spiro atoms. The first-order chi connectivity index (χ1) is 11.9. The Morgan fingerprint density at radius 2 is 1.76 bits per heavy atom. The molecule has 0 unspecified atom stereocenters. The number of nitrogens with zero attached hydrogens (tertiary/aromatic N) is 1. The first-order valence-corrected chi connectivity index (χ1v) is 8.91. The highest BCUT2D eigenvalue weighted by atomic mass is 32.2. The highest BCUT2D eigenvalue weighted by Gasteiger charge is 2.29. The van der Waals surface area contributed by atoms with Crippen LogP contribution in [0, 0.1) is 5.82 Å². The molecule has 0 aromatic heterocycles. The molecule has 6 nitrogen and oxygen atoms in total. The van der Waals surface area contributed by atoms with Crippen LogP contribution < -0.4 is 9.04 Å². The number of benzene rings is 2. The summed E-state index contributed by atoms with van der Waals surface area (Å²) < 4.78 is 50.1. The molecular formula is C17H18FNO5S. The van der Waals surface area contributed by atoms with Gasteiger partial charge < -0.3 is 9.47 Å². The zero-order chi connectivity index (χ0) is 18.4. The summed E-state index contributed by atoms with van der Waals surface area (Å²) in [5, 5.41) is 0. The second-order valence-electron chi connectivity index (χ2n) is 4.94. The van der Waals surface area contributed by atoms with Crippen molar-refractivity contribution in [3.63, 3.8) is 0 Å². The normalized spacial score (nSPS) is 11.0. The number of carbonyl (C=O) groups excluding carboxylic acids is 1. The third-order valence-corrected chi connectivity index (χ3v) is 5.11. The molecule has 0 saturated carbocycles. The fourth-order valence-electron chi connectivity index (χ4n) is 2.16. The zero-order valence-corrected chi connectivity index (χ0v) is 14.6. The Hall–Kier alpha value is -2.61. The van der Waals surface area contributed by atoms with Gasteiger partial charge in [-0.15, -0.1) is 0 Å². The van der Waals surface area contributed by atoms with Crippen LogP contribution in [0.3, 0.4) is 0 Å². The minimum absolute atomic E-state index is 0.149. The third-order valence-electron chi connectivity index (χ3n) is 3.34. The van der Waals surface area contributed by atoms with Crippen molar-refractivity contribution in [1.82, 2.24) is 0 Å². The predicted octanol–water partition coefficient (Wildman–Crippen LogP) is 2.59. The van der Waals surface area contributed by atoms with Crippen molar-refractivity contribution in [2.75, 3.05) is 24.6 Å². The lowest BCUT2D eigenvalue weighted by Crippen LogP contribution is -2.36. The Bertz CT molecular complexity index is 836. The number of esters is 1. The zero-order valence-electron chi connectivity index (χ0n) is 13.8. The highest BCUT2D eigenvalue weighted by molar-refractivity contribution is 7.92. The highest BCUT2D eigenvalue weighted by Crippen LogP contribution is 2.32. The Morgan fingerprint density at radius 3 is 2.36 bits per heavy atom. The van der Waals surface area contributed by atoms with Crippen LogP contribution in [0.15, 0.2) is 53.4 Å². The van der Waals surface area contributed by atoms with E-state index in [2.05, 4.69) is 4.74 Å². The largest absolute Gasteiger partial charge is 0.492 e. The van der Waals surface area contributed by atoms with Crippen LogP contribution in [-0.4, -0.2) is 34.6 Å². The maximum absolute atomic E-state index is 13.1. The molecule has 0 amide bonds. The van der Waals surface area contributed by atoms with E-state index in [9.17, 15) is 17.6 Å². The van der Waals surface area contributed by atoms with Crippen LogP contribution in [0.25, 0.3) is 0 Å². The minimum atomic E-state index is -4.13. The molecule has 0 fully saturated rings. The first kappa shape index (κ1) is 18.7. The maximum Gasteiger partial charge on any atom is 0.326 e. The number of halogens is 1. The molecule has 134 valence electrons. The Balaban J connectivity index is 2.56. The molecule has 0 radical (unpaired) electrons. The topological polar surface area (TPSA) is 72.9 Å². The Morgan fingerprint density at radius 1 is 1.12 bits per heavy atom. The molecule has 0 aliphatic carbocycles. The van der Waals surface area contributed by atoms with Gasteiger partial charge in [-0.1, -0.05) is 12.1 Å². The van der Waals surface area contributed by atoms with Crippen LogP contribution in [0.4, 0.5) is 10.1 Å². The average molecular weight is 367 g/mol. The Labute approximate surface area is 145 Å². The summed E-state index contributed by atoms with van der Waals surface area (Å²) in [6.45, 7) is 1.54. The number of carbonyl (C=O) groups is 1. The van der Waals surface area contributed by atoms with Crippen molar-refractivity contribution >= 4 is 21.7 Å². The van der Waals surface area contributed by atoms with Gasteiger partial charge in [-0.25, -0.2) is 12.8 Å². The van der Waals surface area contributed by atoms with E-state index >= 15 is 0 Å². The summed E-state index contributed by atoms with van der Waals surface area (Å²) in [7, 11) is -2.96. The standard InChI is InChI=1S/C17H18FNO5S/c1-3-24-16-7-5-4-6-15(16)19(12-17(20)23-2)25(21,22)14-10-8-13(18)9-11-14/h4-11H,3,12H2,1-2H3. The summed E-state index contributed by atoms with van der Waals surface area (Å²) >= 11 is 0. The second kappa shape index (κ2) is 7.98. The first-order valence-electron chi connectivity index (χ1n) is 7.47. The monoisotopic (exact) mass is 367 g/mol. The van der Waals surface area contributed by atoms with Gasteiger partial charge in [0.25, 0.3) is 10.0 Å². The van der Waals surface area contributed by atoms with Crippen LogP contribution in [0.2, 0.25) is 0 Å². The average Bonchev–Trinajstić information content (AvgIpc) is 2.60. The molecular weight excluding hydrogens is 349 g/mol. The lowest BCUT2D eigenvalue weighted by Gasteiger charge is -2.25. The van der Waals surface area contributed by atoms with Crippen LogP contribution >= 0.6 is 0 Å².